The Morgan fingerprint density at radius 2 is 1.76 bits per heavy atom. The number of anilines is 1. The molecular weight excluding hydrogens is 368 g/mol. The van der Waals surface area contributed by atoms with E-state index in [1.807, 2.05) is 24.3 Å². The summed E-state index contributed by atoms with van der Waals surface area (Å²) in [6.07, 6.45) is 1.38. The molecule has 0 aliphatic heterocycles. The number of methoxy groups -OCH3 is 1. The van der Waals surface area contributed by atoms with E-state index in [2.05, 4.69) is 5.32 Å². The Hall–Kier alpha value is -4.24. The highest BCUT2D eigenvalue weighted by atomic mass is 16.5. The van der Waals surface area contributed by atoms with Crippen LogP contribution in [0.2, 0.25) is 0 Å². The van der Waals surface area contributed by atoms with Crippen molar-refractivity contribution in [2.24, 2.45) is 0 Å². The summed E-state index contributed by atoms with van der Waals surface area (Å²) >= 11 is 0. The number of phenolic OH excluding ortho intramolecular Hbond substituents is 1. The minimum atomic E-state index is -0.591. The summed E-state index contributed by atoms with van der Waals surface area (Å²) in [6.45, 7) is 0. The lowest BCUT2D eigenvalue weighted by atomic mass is 10.1. The number of phenols is 1. The van der Waals surface area contributed by atoms with Crippen LogP contribution in [-0.4, -0.2) is 18.1 Å². The third-order valence-corrected chi connectivity index (χ3v) is 3.99. The second-order valence-corrected chi connectivity index (χ2v) is 5.97. The molecule has 0 aromatic heterocycles. The molecule has 0 bridgehead atoms. The normalized spacial score (nSPS) is 10.7. The number of nitrogens with zero attached hydrogens (tertiary/aromatic N) is 1. The standard InChI is InChI=1S/C23H18N2O4/c1-28-22-12-11-16(14-20(22)26)13-17(15-24)23(27)25-19-9-5-6-10-21(19)29-18-7-3-2-4-8-18/h2-14,26H,1H3,(H,25,27)/b17-13+. The van der Waals surface area contributed by atoms with Gasteiger partial charge in [-0.1, -0.05) is 36.4 Å². The van der Waals surface area contributed by atoms with E-state index < -0.39 is 5.91 Å². The molecular formula is C23H18N2O4. The van der Waals surface area contributed by atoms with E-state index in [4.69, 9.17) is 9.47 Å². The molecule has 0 aliphatic carbocycles. The van der Waals surface area contributed by atoms with Crippen LogP contribution in [0.5, 0.6) is 23.0 Å². The molecule has 3 aromatic rings. The van der Waals surface area contributed by atoms with Crippen LogP contribution in [0.1, 0.15) is 5.56 Å². The zero-order valence-electron chi connectivity index (χ0n) is 15.6. The highest BCUT2D eigenvalue weighted by molar-refractivity contribution is 6.10. The van der Waals surface area contributed by atoms with Crippen LogP contribution in [0, 0.1) is 11.3 Å². The molecule has 6 nitrogen and oxygen atoms in total. The predicted octanol–water partition coefficient (Wildman–Crippen LogP) is 4.74. The van der Waals surface area contributed by atoms with E-state index in [9.17, 15) is 15.2 Å². The van der Waals surface area contributed by atoms with Crippen molar-refractivity contribution in [3.63, 3.8) is 0 Å². The number of hydrogen-bond acceptors (Lipinski definition) is 5. The average molecular weight is 386 g/mol. The van der Waals surface area contributed by atoms with Crippen molar-refractivity contribution in [1.82, 2.24) is 0 Å². The molecule has 0 spiro atoms. The minimum Gasteiger partial charge on any atom is -0.504 e. The first-order valence-corrected chi connectivity index (χ1v) is 8.73. The molecule has 3 rings (SSSR count). The molecule has 3 aromatic carbocycles. The Balaban J connectivity index is 1.82. The number of rotatable bonds is 6. The fourth-order valence-corrected chi connectivity index (χ4v) is 2.58. The molecule has 0 heterocycles. The first kappa shape index (κ1) is 19.5. The summed E-state index contributed by atoms with van der Waals surface area (Å²) in [6, 6.07) is 22.6. The van der Waals surface area contributed by atoms with E-state index in [0.717, 1.165) is 0 Å². The molecule has 0 aliphatic rings. The third kappa shape index (κ3) is 4.93. The summed E-state index contributed by atoms with van der Waals surface area (Å²) in [5, 5.41) is 22.0. The molecule has 29 heavy (non-hydrogen) atoms. The maximum atomic E-state index is 12.6. The van der Waals surface area contributed by atoms with Crippen molar-refractivity contribution in [2.45, 2.75) is 0 Å². The van der Waals surface area contributed by atoms with Crippen molar-refractivity contribution >= 4 is 17.7 Å². The fraction of sp³-hybridized carbons (Fsp3) is 0.0435. The monoisotopic (exact) mass is 386 g/mol. The zero-order chi connectivity index (χ0) is 20.6. The SMILES string of the molecule is COc1ccc(/C=C(\C#N)C(=O)Nc2ccccc2Oc2ccccc2)cc1O. The van der Waals surface area contributed by atoms with Crippen LogP contribution >= 0.6 is 0 Å². The largest absolute Gasteiger partial charge is 0.504 e. The number of nitrogens with one attached hydrogen (secondary N) is 1. The molecule has 0 fully saturated rings. The molecule has 0 unspecified atom stereocenters. The van der Waals surface area contributed by atoms with Gasteiger partial charge in [-0.25, -0.2) is 0 Å². The van der Waals surface area contributed by atoms with Gasteiger partial charge in [0.05, 0.1) is 12.8 Å². The number of para-hydroxylation sites is 3. The number of amides is 1. The van der Waals surface area contributed by atoms with Crippen LogP contribution < -0.4 is 14.8 Å². The van der Waals surface area contributed by atoms with E-state index in [1.165, 1.54) is 19.3 Å². The fourth-order valence-electron chi connectivity index (χ4n) is 2.58. The van der Waals surface area contributed by atoms with E-state index in [0.29, 0.717) is 28.5 Å². The number of ether oxygens (including phenoxy) is 2. The quantitative estimate of drug-likeness (QED) is 0.472. The Kier molecular flexibility index (Phi) is 6.13. The molecule has 0 radical (unpaired) electrons. The van der Waals surface area contributed by atoms with Crippen LogP contribution in [0.15, 0.2) is 78.4 Å². The Morgan fingerprint density at radius 1 is 1.03 bits per heavy atom. The summed E-state index contributed by atoms with van der Waals surface area (Å²) < 4.78 is 10.8. The maximum Gasteiger partial charge on any atom is 0.266 e. The number of hydrogen-bond donors (Lipinski definition) is 2. The number of nitriles is 1. The van der Waals surface area contributed by atoms with Crippen LogP contribution in [0.3, 0.4) is 0 Å². The second kappa shape index (κ2) is 9.11. The maximum absolute atomic E-state index is 12.6. The highest BCUT2D eigenvalue weighted by Gasteiger charge is 2.13. The van der Waals surface area contributed by atoms with Crippen molar-refractivity contribution in [2.75, 3.05) is 12.4 Å². The van der Waals surface area contributed by atoms with Crippen LogP contribution in [0.4, 0.5) is 5.69 Å². The molecule has 0 saturated carbocycles. The third-order valence-electron chi connectivity index (χ3n) is 3.99. The number of carbonyl (C=O) groups excluding carboxylic acids is 1. The Morgan fingerprint density at radius 3 is 2.45 bits per heavy atom. The van der Waals surface area contributed by atoms with Crippen LogP contribution in [0.25, 0.3) is 6.08 Å². The molecule has 144 valence electrons. The lowest BCUT2D eigenvalue weighted by Gasteiger charge is -2.12. The van der Waals surface area contributed by atoms with Gasteiger partial charge < -0.3 is 19.9 Å². The van der Waals surface area contributed by atoms with Gasteiger partial charge in [0.1, 0.15) is 17.4 Å². The predicted molar refractivity (Wildman–Crippen MR) is 110 cm³/mol. The van der Waals surface area contributed by atoms with Gasteiger partial charge in [-0.2, -0.15) is 5.26 Å². The van der Waals surface area contributed by atoms with E-state index in [1.54, 1.807) is 48.5 Å². The van der Waals surface area contributed by atoms with Crippen LogP contribution in [-0.2, 0) is 4.79 Å². The molecule has 0 saturated heterocycles. The number of benzene rings is 3. The first-order chi connectivity index (χ1) is 14.1. The van der Waals surface area contributed by atoms with Gasteiger partial charge in [0, 0.05) is 0 Å². The van der Waals surface area contributed by atoms with Crippen molar-refractivity contribution in [1.29, 1.82) is 5.26 Å². The summed E-state index contributed by atoms with van der Waals surface area (Å²) in [5.74, 6) is 0.704. The van der Waals surface area contributed by atoms with Crippen molar-refractivity contribution in [3.8, 4) is 29.1 Å². The summed E-state index contributed by atoms with van der Waals surface area (Å²) in [7, 11) is 1.44. The molecule has 6 heteroatoms. The number of carbonyl (C=O) groups is 1. The van der Waals surface area contributed by atoms with Crippen molar-refractivity contribution in [3.05, 3.63) is 83.9 Å². The molecule has 2 N–H and O–H groups in total. The Bertz CT molecular complexity index is 1090. The Labute approximate surface area is 168 Å². The topological polar surface area (TPSA) is 91.6 Å². The smallest absolute Gasteiger partial charge is 0.266 e. The second-order valence-electron chi connectivity index (χ2n) is 5.97. The van der Waals surface area contributed by atoms with Gasteiger partial charge in [0.2, 0.25) is 0 Å². The summed E-state index contributed by atoms with van der Waals surface area (Å²) in [4.78, 5) is 12.6. The molecule has 1 amide bonds. The van der Waals surface area contributed by atoms with Gasteiger partial charge in [0.15, 0.2) is 17.2 Å². The van der Waals surface area contributed by atoms with Gasteiger partial charge in [-0.15, -0.1) is 0 Å². The average Bonchev–Trinajstić information content (AvgIpc) is 2.74. The number of aromatic hydroxyl groups is 1. The van der Waals surface area contributed by atoms with Gasteiger partial charge >= 0.3 is 0 Å². The van der Waals surface area contributed by atoms with Gasteiger partial charge in [-0.3, -0.25) is 4.79 Å². The van der Waals surface area contributed by atoms with Gasteiger partial charge in [-0.05, 0) is 48.0 Å². The van der Waals surface area contributed by atoms with E-state index >= 15 is 0 Å². The first-order valence-electron chi connectivity index (χ1n) is 8.73. The van der Waals surface area contributed by atoms with Gasteiger partial charge in [0.25, 0.3) is 5.91 Å². The molecule has 0 atom stereocenters. The highest BCUT2D eigenvalue weighted by Crippen LogP contribution is 2.30. The minimum absolute atomic E-state index is 0.0828. The van der Waals surface area contributed by atoms with E-state index in [-0.39, 0.29) is 11.3 Å². The van der Waals surface area contributed by atoms with Crippen molar-refractivity contribution < 1.29 is 19.4 Å². The lowest BCUT2D eigenvalue weighted by molar-refractivity contribution is -0.112. The summed E-state index contributed by atoms with van der Waals surface area (Å²) in [5.41, 5.74) is 0.799. The lowest BCUT2D eigenvalue weighted by Crippen LogP contribution is -2.14. The zero-order valence-corrected chi connectivity index (χ0v) is 15.6.